The first-order valence-corrected chi connectivity index (χ1v) is 11.0. The molecule has 1 N–H and O–H groups in total. The highest BCUT2D eigenvalue weighted by molar-refractivity contribution is 5.92. The second-order valence-corrected chi connectivity index (χ2v) is 7.92. The number of rotatable bonds is 7. The Hall–Kier alpha value is -4.27. The predicted molar refractivity (Wildman–Crippen MR) is 129 cm³/mol. The minimum Gasteiger partial charge on any atom is -0.497 e. The minimum atomic E-state index is -4.55. The van der Waals surface area contributed by atoms with E-state index in [0.29, 0.717) is 28.7 Å². The van der Waals surface area contributed by atoms with E-state index in [-0.39, 0.29) is 17.2 Å². The van der Waals surface area contributed by atoms with Crippen molar-refractivity contribution in [2.75, 3.05) is 19.0 Å². The smallest absolute Gasteiger partial charge is 0.416 e. The van der Waals surface area contributed by atoms with Gasteiger partial charge in [0.15, 0.2) is 12.4 Å². The Kier molecular flexibility index (Phi) is 7.00. The lowest BCUT2D eigenvalue weighted by atomic mass is 10.1. The Morgan fingerprint density at radius 1 is 1.03 bits per heavy atom. The molecule has 36 heavy (non-hydrogen) atoms. The number of hydrogen-bond donors (Lipinski definition) is 1. The number of halogens is 3. The highest BCUT2D eigenvalue weighted by Crippen LogP contribution is 2.33. The van der Waals surface area contributed by atoms with Crippen LogP contribution in [0.25, 0.3) is 22.3 Å². The van der Waals surface area contributed by atoms with Gasteiger partial charge in [0.25, 0.3) is 5.91 Å². The van der Waals surface area contributed by atoms with Crippen LogP contribution >= 0.6 is 0 Å². The van der Waals surface area contributed by atoms with Crippen LogP contribution in [-0.2, 0) is 17.4 Å². The summed E-state index contributed by atoms with van der Waals surface area (Å²) in [4.78, 5) is 25.9. The van der Waals surface area contributed by atoms with Gasteiger partial charge in [-0.1, -0.05) is 19.1 Å². The molecule has 0 aliphatic carbocycles. The van der Waals surface area contributed by atoms with Crippen molar-refractivity contribution in [3.8, 4) is 22.8 Å². The van der Waals surface area contributed by atoms with Crippen molar-refractivity contribution in [2.24, 2.45) is 0 Å². The van der Waals surface area contributed by atoms with Gasteiger partial charge < -0.3 is 19.2 Å². The molecule has 1 heterocycles. The van der Waals surface area contributed by atoms with Gasteiger partial charge in [-0.3, -0.25) is 9.59 Å². The predicted octanol–water partition coefficient (Wildman–Crippen LogP) is 6.07. The van der Waals surface area contributed by atoms with E-state index >= 15 is 0 Å². The fraction of sp³-hybridized carbons (Fsp3) is 0.185. The number of methoxy groups -OCH3 is 1. The van der Waals surface area contributed by atoms with Crippen LogP contribution in [0.5, 0.6) is 11.5 Å². The van der Waals surface area contributed by atoms with Crippen LogP contribution < -0.4 is 20.2 Å². The molecule has 0 atom stereocenters. The molecule has 0 bridgehead atoms. The van der Waals surface area contributed by atoms with Crippen LogP contribution in [0.4, 0.5) is 18.9 Å². The molecule has 3 aromatic carbocycles. The molecule has 9 heteroatoms. The van der Waals surface area contributed by atoms with Gasteiger partial charge in [0.2, 0.25) is 11.2 Å². The first-order chi connectivity index (χ1) is 17.2. The Morgan fingerprint density at radius 3 is 2.44 bits per heavy atom. The van der Waals surface area contributed by atoms with Crippen molar-refractivity contribution in [3.05, 3.63) is 88.1 Å². The average molecular weight is 497 g/mol. The molecule has 1 amide bonds. The topological polar surface area (TPSA) is 77.8 Å². The minimum absolute atomic E-state index is 0.0491. The molecule has 0 saturated carbocycles. The SMILES string of the molecule is CCc1ccc2oc(-c3ccc(OC)cc3)c(OCC(=O)Nc3cccc(C(F)(F)F)c3)c(=O)c2c1. The number of hydrogen-bond acceptors (Lipinski definition) is 5. The lowest BCUT2D eigenvalue weighted by molar-refractivity contribution is -0.137. The first kappa shape index (κ1) is 24.8. The molecule has 0 radical (unpaired) electrons. The zero-order valence-electron chi connectivity index (χ0n) is 19.4. The van der Waals surface area contributed by atoms with Crippen LogP contribution in [0, 0.1) is 0 Å². The normalized spacial score (nSPS) is 11.4. The summed E-state index contributed by atoms with van der Waals surface area (Å²) in [6, 6.07) is 16.2. The number of carbonyl (C=O) groups is 1. The molecule has 0 aliphatic rings. The van der Waals surface area contributed by atoms with E-state index in [9.17, 15) is 22.8 Å². The molecule has 186 valence electrons. The number of benzene rings is 3. The van der Waals surface area contributed by atoms with Crippen molar-refractivity contribution in [2.45, 2.75) is 19.5 Å². The van der Waals surface area contributed by atoms with Gasteiger partial charge in [-0.2, -0.15) is 13.2 Å². The summed E-state index contributed by atoms with van der Waals surface area (Å²) in [6.45, 7) is 1.33. The number of fused-ring (bicyclic) bond motifs is 1. The van der Waals surface area contributed by atoms with Gasteiger partial charge in [0, 0.05) is 11.3 Å². The van der Waals surface area contributed by atoms with Crippen LogP contribution in [0.15, 0.2) is 75.9 Å². The van der Waals surface area contributed by atoms with Crippen molar-refractivity contribution in [3.63, 3.8) is 0 Å². The number of alkyl halides is 3. The van der Waals surface area contributed by atoms with E-state index < -0.39 is 29.7 Å². The Morgan fingerprint density at radius 2 is 1.78 bits per heavy atom. The largest absolute Gasteiger partial charge is 0.497 e. The number of ether oxygens (including phenoxy) is 2. The van der Waals surface area contributed by atoms with Gasteiger partial charge in [-0.05, 0) is 66.6 Å². The highest BCUT2D eigenvalue weighted by atomic mass is 19.4. The van der Waals surface area contributed by atoms with Gasteiger partial charge in [0.05, 0.1) is 18.1 Å². The van der Waals surface area contributed by atoms with E-state index in [0.717, 1.165) is 17.7 Å². The zero-order valence-corrected chi connectivity index (χ0v) is 19.4. The van der Waals surface area contributed by atoms with Gasteiger partial charge >= 0.3 is 6.18 Å². The molecule has 0 spiro atoms. The summed E-state index contributed by atoms with van der Waals surface area (Å²) in [7, 11) is 1.52. The van der Waals surface area contributed by atoms with Crippen LogP contribution in [-0.4, -0.2) is 19.6 Å². The standard InChI is InChI=1S/C27H22F3NO5/c1-3-16-7-12-22-21(13-16)24(33)26(25(36-22)17-8-10-20(34-2)11-9-17)35-15-23(32)31-19-6-4-5-18(14-19)27(28,29)30/h4-14H,3,15H2,1-2H3,(H,31,32). The third-order valence-corrected chi connectivity index (χ3v) is 5.49. The van der Waals surface area contributed by atoms with E-state index in [1.807, 2.05) is 13.0 Å². The molecule has 0 aliphatic heterocycles. The number of nitrogens with one attached hydrogen (secondary N) is 1. The molecule has 0 fully saturated rings. The number of anilines is 1. The molecule has 6 nitrogen and oxygen atoms in total. The first-order valence-electron chi connectivity index (χ1n) is 11.0. The van der Waals surface area contributed by atoms with E-state index in [1.165, 1.54) is 19.2 Å². The van der Waals surface area contributed by atoms with Crippen LogP contribution in [0.2, 0.25) is 0 Å². The maximum atomic E-state index is 13.4. The maximum Gasteiger partial charge on any atom is 0.416 e. The summed E-state index contributed by atoms with van der Waals surface area (Å²) in [5.41, 5.74) is 0.368. The third kappa shape index (κ3) is 5.35. The van der Waals surface area contributed by atoms with Crippen molar-refractivity contribution >= 4 is 22.6 Å². The maximum absolute atomic E-state index is 13.4. The van der Waals surface area contributed by atoms with Gasteiger partial charge in [-0.25, -0.2) is 0 Å². The Labute approximate surface area is 204 Å². The fourth-order valence-electron chi connectivity index (χ4n) is 3.62. The zero-order chi connectivity index (χ0) is 25.9. The second-order valence-electron chi connectivity index (χ2n) is 7.92. The van der Waals surface area contributed by atoms with Crippen molar-refractivity contribution < 1.29 is 31.9 Å². The van der Waals surface area contributed by atoms with E-state index in [2.05, 4.69) is 5.32 Å². The number of aryl methyl sites for hydroxylation is 1. The number of carbonyl (C=O) groups excluding carboxylic acids is 1. The fourth-order valence-corrected chi connectivity index (χ4v) is 3.62. The Bertz CT molecular complexity index is 1460. The van der Waals surface area contributed by atoms with Gasteiger partial charge in [0.1, 0.15) is 11.3 Å². The molecule has 0 saturated heterocycles. The van der Waals surface area contributed by atoms with E-state index in [1.54, 1.807) is 36.4 Å². The molecular formula is C27H22F3NO5. The third-order valence-electron chi connectivity index (χ3n) is 5.49. The quantitative estimate of drug-likeness (QED) is 0.336. The number of amides is 1. The Balaban J connectivity index is 1.66. The van der Waals surface area contributed by atoms with Gasteiger partial charge in [-0.15, -0.1) is 0 Å². The summed E-state index contributed by atoms with van der Waals surface area (Å²) in [5.74, 6) is -0.208. The summed E-state index contributed by atoms with van der Waals surface area (Å²) in [6.07, 6.45) is -3.85. The lowest BCUT2D eigenvalue weighted by Gasteiger charge is -2.13. The summed E-state index contributed by atoms with van der Waals surface area (Å²) >= 11 is 0. The average Bonchev–Trinajstić information content (AvgIpc) is 2.87. The van der Waals surface area contributed by atoms with Crippen LogP contribution in [0.3, 0.4) is 0 Å². The second kappa shape index (κ2) is 10.2. The monoisotopic (exact) mass is 497 g/mol. The lowest BCUT2D eigenvalue weighted by Crippen LogP contribution is -2.23. The molecular weight excluding hydrogens is 475 g/mol. The van der Waals surface area contributed by atoms with Crippen molar-refractivity contribution in [1.29, 1.82) is 0 Å². The molecule has 0 unspecified atom stereocenters. The molecule has 4 rings (SSSR count). The van der Waals surface area contributed by atoms with E-state index in [4.69, 9.17) is 13.9 Å². The summed E-state index contributed by atoms with van der Waals surface area (Å²) in [5, 5.41) is 2.65. The molecule has 1 aromatic heterocycles. The van der Waals surface area contributed by atoms with Crippen molar-refractivity contribution in [1.82, 2.24) is 0 Å². The molecule has 4 aromatic rings. The van der Waals surface area contributed by atoms with Crippen LogP contribution in [0.1, 0.15) is 18.1 Å². The summed E-state index contributed by atoms with van der Waals surface area (Å²) < 4.78 is 55.7. The highest BCUT2D eigenvalue weighted by Gasteiger charge is 2.30.